The van der Waals surface area contributed by atoms with Gasteiger partial charge in [0.15, 0.2) is 18.4 Å². The normalized spacial score (nSPS) is 43.0. The van der Waals surface area contributed by atoms with E-state index in [1.807, 2.05) is 0 Å². The number of carbonyl (C=O) groups excluding carboxylic acids is 2. The minimum absolute atomic E-state index is 0.0104. The van der Waals surface area contributed by atoms with Gasteiger partial charge in [0.2, 0.25) is 0 Å². The molecular weight excluding hydrogens is 584 g/mol. The van der Waals surface area contributed by atoms with Crippen LogP contribution in [-0.4, -0.2) is 110 Å². The first-order chi connectivity index (χ1) is 20.8. The summed E-state index contributed by atoms with van der Waals surface area (Å²) in [7, 11) is 0. The quantitative estimate of drug-likeness (QED) is 0.214. The lowest BCUT2D eigenvalue weighted by Gasteiger charge is -2.67. The highest BCUT2D eigenvalue weighted by Gasteiger charge is 2.94. The number of phenols is 2. The van der Waals surface area contributed by atoms with Gasteiger partial charge in [0, 0.05) is 12.3 Å². The van der Waals surface area contributed by atoms with Crippen LogP contribution in [0.3, 0.4) is 0 Å². The largest absolute Gasteiger partial charge is 0.508 e. The molecule has 14 heteroatoms. The van der Waals surface area contributed by atoms with Gasteiger partial charge in [-0.05, 0) is 61.9 Å². The van der Waals surface area contributed by atoms with Crippen molar-refractivity contribution in [3.8, 4) is 11.5 Å². The first kappa shape index (κ1) is 29.4. The van der Waals surface area contributed by atoms with Crippen LogP contribution >= 0.6 is 0 Å². The molecule has 3 aliphatic carbocycles. The SMILES string of the molecule is C[C@@]12C[C@@]3(O)O[C@H](O1)[C@]1(COC(=O)c4ccc(O)cc4)[C@@H]3C[C@@]12O[C@@H]1O[C@H](COC(=O)c2ccc(O)cc2)[C@@H](O)[C@H](O)[C@H]1O. The molecule has 14 nitrogen and oxygen atoms in total. The molecule has 0 radical (unpaired) electrons. The van der Waals surface area contributed by atoms with E-state index in [4.69, 9.17) is 28.4 Å². The maximum absolute atomic E-state index is 12.9. The Kier molecular flexibility index (Phi) is 6.56. The van der Waals surface area contributed by atoms with Gasteiger partial charge in [0.25, 0.3) is 0 Å². The van der Waals surface area contributed by atoms with Crippen LogP contribution in [0.1, 0.15) is 40.5 Å². The van der Waals surface area contributed by atoms with Crippen molar-refractivity contribution in [2.45, 2.75) is 73.8 Å². The summed E-state index contributed by atoms with van der Waals surface area (Å²) in [4.78, 5) is 25.4. The highest BCUT2D eigenvalue weighted by atomic mass is 16.8. The van der Waals surface area contributed by atoms with E-state index in [9.17, 15) is 40.2 Å². The minimum atomic E-state index is -1.74. The van der Waals surface area contributed by atoms with Crippen molar-refractivity contribution >= 4 is 11.9 Å². The molecule has 0 aromatic heterocycles. The first-order valence-corrected chi connectivity index (χ1v) is 14.2. The van der Waals surface area contributed by atoms with E-state index in [1.54, 1.807) is 6.92 Å². The summed E-state index contributed by atoms with van der Waals surface area (Å²) in [5.74, 6) is -3.67. The van der Waals surface area contributed by atoms with Crippen LogP contribution in [0.15, 0.2) is 48.5 Å². The fourth-order valence-electron chi connectivity index (χ4n) is 7.72. The molecule has 9 rings (SSSR count). The standard InChI is InChI=1S/C30H32O14/c1-27-12-29(38)19-10-30(27,28(19,26(43-27)44-29)13-40-24(37)15-4-8-17(32)9-5-15)42-25-22(35)21(34)20(33)18(41-25)11-39-23(36)14-2-6-16(31)7-3-14/h2-9,18-22,25-26,31-35,38H,10-13H2,1H3/t18-,19+,20-,21+,22-,25+,26+,27+,28+,29-,30+/m1/s1. The molecule has 2 aromatic rings. The van der Waals surface area contributed by atoms with Gasteiger partial charge in [-0.1, -0.05) is 0 Å². The fraction of sp³-hybridized carbons (Fsp3) is 0.533. The highest BCUT2D eigenvalue weighted by molar-refractivity contribution is 5.90. The van der Waals surface area contributed by atoms with Crippen molar-refractivity contribution in [1.82, 2.24) is 0 Å². The molecule has 6 N–H and O–H groups in total. The van der Waals surface area contributed by atoms with Crippen LogP contribution < -0.4 is 0 Å². The van der Waals surface area contributed by atoms with Crippen LogP contribution in [0.4, 0.5) is 0 Å². The van der Waals surface area contributed by atoms with Gasteiger partial charge in [-0.15, -0.1) is 0 Å². The number of hydrogen-bond donors (Lipinski definition) is 6. The number of aliphatic hydroxyl groups excluding tert-OH is 3. The average molecular weight is 617 g/mol. The van der Waals surface area contributed by atoms with Gasteiger partial charge < -0.3 is 59.1 Å². The third-order valence-electron chi connectivity index (χ3n) is 9.97. The lowest BCUT2D eigenvalue weighted by atomic mass is 9.41. The second-order valence-electron chi connectivity index (χ2n) is 12.3. The molecule has 44 heavy (non-hydrogen) atoms. The molecule has 236 valence electrons. The number of esters is 2. The topological polar surface area (TPSA) is 211 Å². The zero-order valence-electron chi connectivity index (χ0n) is 23.4. The van der Waals surface area contributed by atoms with E-state index < -0.39 is 83.9 Å². The summed E-state index contributed by atoms with van der Waals surface area (Å²) in [5, 5.41) is 62.6. The van der Waals surface area contributed by atoms with Crippen molar-refractivity contribution in [3.63, 3.8) is 0 Å². The van der Waals surface area contributed by atoms with E-state index in [-0.39, 0.29) is 42.1 Å². The van der Waals surface area contributed by atoms with E-state index in [1.165, 1.54) is 48.5 Å². The Bertz CT molecular complexity index is 1470. The smallest absolute Gasteiger partial charge is 0.338 e. The zero-order valence-corrected chi connectivity index (χ0v) is 23.4. The number of ether oxygens (including phenoxy) is 6. The second kappa shape index (κ2) is 9.83. The third-order valence-corrected chi connectivity index (χ3v) is 9.97. The fourth-order valence-corrected chi connectivity index (χ4v) is 7.72. The van der Waals surface area contributed by atoms with Crippen LogP contribution in [0.2, 0.25) is 0 Å². The summed E-state index contributed by atoms with van der Waals surface area (Å²) < 4.78 is 35.5. The monoisotopic (exact) mass is 616 g/mol. The van der Waals surface area contributed by atoms with E-state index in [2.05, 4.69) is 0 Å². The second-order valence-corrected chi connectivity index (χ2v) is 12.3. The summed E-state index contributed by atoms with van der Waals surface area (Å²) in [6.45, 7) is 0.917. The minimum Gasteiger partial charge on any atom is -0.508 e. The predicted molar refractivity (Wildman–Crippen MR) is 142 cm³/mol. The Morgan fingerprint density at radius 1 is 0.864 bits per heavy atom. The Morgan fingerprint density at radius 3 is 2.07 bits per heavy atom. The lowest BCUT2D eigenvalue weighted by molar-refractivity contribution is -0.424. The lowest BCUT2D eigenvalue weighted by Crippen LogP contribution is -2.80. The number of aliphatic hydroxyl groups is 4. The summed E-state index contributed by atoms with van der Waals surface area (Å²) >= 11 is 0. The molecule has 7 aliphatic rings. The van der Waals surface area contributed by atoms with E-state index >= 15 is 0 Å². The van der Waals surface area contributed by atoms with Gasteiger partial charge in [-0.2, -0.15) is 0 Å². The van der Waals surface area contributed by atoms with Crippen LogP contribution in [0.5, 0.6) is 11.5 Å². The first-order valence-electron chi connectivity index (χ1n) is 14.2. The molecule has 0 amide bonds. The Labute approximate surface area is 250 Å². The average Bonchev–Trinajstić information content (AvgIpc) is 3.18. The molecule has 0 unspecified atom stereocenters. The number of benzene rings is 2. The summed E-state index contributed by atoms with van der Waals surface area (Å²) in [5.41, 5.74) is -3.42. The van der Waals surface area contributed by atoms with Crippen molar-refractivity contribution in [3.05, 3.63) is 59.7 Å². The molecule has 4 aliphatic heterocycles. The Hall–Kier alpha value is -3.34. The van der Waals surface area contributed by atoms with E-state index in [0.717, 1.165) is 0 Å². The van der Waals surface area contributed by atoms with Gasteiger partial charge >= 0.3 is 11.9 Å². The number of carbonyl (C=O) groups is 2. The molecule has 2 aromatic carbocycles. The van der Waals surface area contributed by atoms with Crippen molar-refractivity contribution in [2.75, 3.05) is 13.2 Å². The van der Waals surface area contributed by atoms with Gasteiger partial charge in [0.05, 0.1) is 16.5 Å². The van der Waals surface area contributed by atoms with Crippen molar-refractivity contribution < 1.29 is 68.6 Å². The number of hydrogen-bond acceptors (Lipinski definition) is 14. The zero-order chi connectivity index (χ0) is 31.2. The number of aromatic hydroxyl groups is 2. The summed E-state index contributed by atoms with van der Waals surface area (Å²) in [6.07, 6.45) is -8.82. The van der Waals surface area contributed by atoms with Crippen LogP contribution in [0.25, 0.3) is 0 Å². The van der Waals surface area contributed by atoms with Gasteiger partial charge in [0.1, 0.15) is 60.3 Å². The molecule has 0 spiro atoms. The molecule has 4 saturated heterocycles. The van der Waals surface area contributed by atoms with E-state index in [0.29, 0.717) is 0 Å². The van der Waals surface area contributed by atoms with Crippen LogP contribution in [0, 0.1) is 11.3 Å². The van der Waals surface area contributed by atoms with Gasteiger partial charge in [-0.3, -0.25) is 0 Å². The third kappa shape index (κ3) is 3.96. The molecule has 7 fully saturated rings. The summed E-state index contributed by atoms with van der Waals surface area (Å²) in [6, 6.07) is 10.8. The molecule has 4 heterocycles. The maximum atomic E-state index is 12.9. The van der Waals surface area contributed by atoms with Crippen molar-refractivity contribution in [1.29, 1.82) is 0 Å². The van der Waals surface area contributed by atoms with Gasteiger partial charge in [-0.25, -0.2) is 9.59 Å². The predicted octanol–water partition coefficient (Wildman–Crippen LogP) is -0.0816. The molecule has 6 bridgehead atoms. The number of phenolic OH excluding ortho intramolecular Hbond substituents is 2. The van der Waals surface area contributed by atoms with Crippen molar-refractivity contribution in [2.24, 2.45) is 11.3 Å². The maximum Gasteiger partial charge on any atom is 0.338 e. The Morgan fingerprint density at radius 2 is 1.45 bits per heavy atom. The molecular formula is C30H32O14. The molecule has 3 saturated carbocycles. The number of rotatable bonds is 8. The Balaban J connectivity index is 1.12. The van der Waals surface area contributed by atoms with Crippen LogP contribution in [-0.2, 0) is 28.4 Å². The molecule has 11 atom stereocenters. The highest BCUT2D eigenvalue weighted by Crippen LogP contribution is 2.81.